The molecule has 69 heavy (non-hydrogen) atoms. The van der Waals surface area contributed by atoms with Crippen molar-refractivity contribution in [1.82, 2.24) is 4.57 Å². The van der Waals surface area contributed by atoms with Gasteiger partial charge in [-0.15, -0.1) is 0 Å². The summed E-state index contributed by atoms with van der Waals surface area (Å²) in [5, 5.41) is 4.70. The number of benzene rings is 11. The van der Waals surface area contributed by atoms with E-state index in [0.717, 1.165) is 83.6 Å². The summed E-state index contributed by atoms with van der Waals surface area (Å²) >= 11 is 0. The summed E-state index contributed by atoms with van der Waals surface area (Å²) in [4.78, 5) is 2.33. The van der Waals surface area contributed by atoms with Gasteiger partial charge in [-0.25, -0.2) is 0 Å². The largest absolute Gasteiger partial charge is 0.456 e. The molecule has 324 valence electrons. The minimum absolute atomic E-state index is 0.866. The number of anilines is 3. The number of para-hydroxylation sites is 3. The summed E-state index contributed by atoms with van der Waals surface area (Å²) in [6.07, 6.45) is 0. The smallest absolute Gasteiger partial charge is 0.136 e. The van der Waals surface area contributed by atoms with Crippen molar-refractivity contribution in [3.05, 3.63) is 267 Å². The van der Waals surface area contributed by atoms with Crippen LogP contribution in [-0.2, 0) is 0 Å². The Labute approximate surface area is 401 Å². The van der Waals surface area contributed by atoms with Crippen LogP contribution in [0.5, 0.6) is 0 Å². The van der Waals surface area contributed by atoms with Crippen LogP contribution in [0.4, 0.5) is 17.1 Å². The van der Waals surface area contributed by atoms with Crippen molar-refractivity contribution in [2.24, 2.45) is 0 Å². The second-order valence-corrected chi connectivity index (χ2v) is 17.6. The van der Waals surface area contributed by atoms with E-state index in [2.05, 4.69) is 276 Å². The highest BCUT2D eigenvalue weighted by Crippen LogP contribution is 2.46. The van der Waals surface area contributed by atoms with E-state index >= 15 is 0 Å². The zero-order valence-corrected chi connectivity index (χ0v) is 37.7. The molecule has 0 aliphatic heterocycles. The summed E-state index contributed by atoms with van der Waals surface area (Å²) in [6.45, 7) is 0. The van der Waals surface area contributed by atoms with E-state index in [9.17, 15) is 0 Å². The second-order valence-electron chi connectivity index (χ2n) is 17.6. The summed E-state index contributed by atoms with van der Waals surface area (Å²) in [6, 6.07) is 95.9. The maximum atomic E-state index is 6.74. The third-order valence-electron chi connectivity index (χ3n) is 13.6. The third kappa shape index (κ3) is 7.08. The van der Waals surface area contributed by atoms with E-state index in [1.807, 2.05) is 0 Å². The molecule has 13 rings (SSSR count). The van der Waals surface area contributed by atoms with Gasteiger partial charge in [0.05, 0.1) is 11.0 Å². The molecule has 2 heterocycles. The first-order valence-corrected chi connectivity index (χ1v) is 23.6. The van der Waals surface area contributed by atoms with Crippen LogP contribution in [0.2, 0.25) is 0 Å². The SMILES string of the molecule is c1ccc(-c2ccc(N(c3ccccc3)c3cccc(-c4cccc(-c5cccc6oc7cccc(-c8ccccc8-c8ccc9c%10ccccc%10n(-c%10ccccc%10)c9c8)c7c56)c4)c3)cc2)cc1. The number of hydrogen-bond acceptors (Lipinski definition) is 2. The molecule has 0 saturated carbocycles. The Hall–Kier alpha value is -9.18. The van der Waals surface area contributed by atoms with Crippen LogP contribution in [0.25, 0.3) is 105 Å². The molecule has 3 heteroatoms. The van der Waals surface area contributed by atoms with Crippen molar-refractivity contribution in [3.8, 4) is 61.3 Å². The Balaban J connectivity index is 0.913. The first kappa shape index (κ1) is 40.1. The molecule has 3 nitrogen and oxygen atoms in total. The Morgan fingerprint density at radius 3 is 1.55 bits per heavy atom. The molecule has 0 unspecified atom stereocenters. The van der Waals surface area contributed by atoms with Gasteiger partial charge in [-0.1, -0.05) is 188 Å². The quantitative estimate of drug-likeness (QED) is 0.144. The van der Waals surface area contributed by atoms with Crippen molar-refractivity contribution >= 4 is 60.8 Å². The number of rotatable bonds is 9. The average molecular weight is 881 g/mol. The molecule has 0 atom stereocenters. The van der Waals surface area contributed by atoms with E-state index in [0.29, 0.717) is 0 Å². The van der Waals surface area contributed by atoms with Crippen LogP contribution in [0.1, 0.15) is 0 Å². The highest BCUT2D eigenvalue weighted by molar-refractivity contribution is 6.19. The minimum atomic E-state index is 0.866. The van der Waals surface area contributed by atoms with Crippen LogP contribution in [0, 0.1) is 0 Å². The maximum Gasteiger partial charge on any atom is 0.136 e. The van der Waals surface area contributed by atoms with E-state index in [4.69, 9.17) is 4.42 Å². The summed E-state index contributed by atoms with van der Waals surface area (Å²) in [5.41, 5.74) is 20.1. The van der Waals surface area contributed by atoms with E-state index in [1.165, 1.54) is 38.5 Å². The van der Waals surface area contributed by atoms with Crippen LogP contribution in [0.15, 0.2) is 271 Å². The van der Waals surface area contributed by atoms with Gasteiger partial charge in [-0.05, 0) is 134 Å². The molecule has 0 saturated heterocycles. The molecule has 0 aliphatic carbocycles. The van der Waals surface area contributed by atoms with Gasteiger partial charge in [0.2, 0.25) is 0 Å². The van der Waals surface area contributed by atoms with Gasteiger partial charge in [0.1, 0.15) is 11.2 Å². The van der Waals surface area contributed by atoms with Crippen molar-refractivity contribution in [1.29, 1.82) is 0 Å². The van der Waals surface area contributed by atoms with Gasteiger partial charge in [0.25, 0.3) is 0 Å². The van der Waals surface area contributed by atoms with Gasteiger partial charge in [-0.2, -0.15) is 0 Å². The molecule has 13 aromatic rings. The van der Waals surface area contributed by atoms with Crippen LogP contribution in [0.3, 0.4) is 0 Å². The topological polar surface area (TPSA) is 21.3 Å². The average Bonchev–Trinajstić information content (AvgIpc) is 3.98. The third-order valence-corrected chi connectivity index (χ3v) is 13.6. The first-order valence-electron chi connectivity index (χ1n) is 23.6. The second kappa shape index (κ2) is 16.9. The van der Waals surface area contributed by atoms with Gasteiger partial charge in [0, 0.05) is 44.3 Å². The fourth-order valence-corrected chi connectivity index (χ4v) is 10.4. The van der Waals surface area contributed by atoms with E-state index < -0.39 is 0 Å². The normalized spacial score (nSPS) is 11.5. The lowest BCUT2D eigenvalue weighted by Crippen LogP contribution is -2.09. The maximum absolute atomic E-state index is 6.74. The fourth-order valence-electron chi connectivity index (χ4n) is 10.4. The number of fused-ring (bicyclic) bond motifs is 6. The molecule has 0 bridgehead atoms. The van der Waals surface area contributed by atoms with Crippen LogP contribution >= 0.6 is 0 Å². The van der Waals surface area contributed by atoms with E-state index in [1.54, 1.807) is 0 Å². The van der Waals surface area contributed by atoms with Crippen molar-refractivity contribution in [3.63, 3.8) is 0 Å². The van der Waals surface area contributed by atoms with Crippen LogP contribution in [-0.4, -0.2) is 4.57 Å². The molecule has 0 fully saturated rings. The molecule has 0 radical (unpaired) electrons. The van der Waals surface area contributed by atoms with Gasteiger partial charge in [-0.3, -0.25) is 0 Å². The lowest BCUT2D eigenvalue weighted by atomic mass is 9.89. The van der Waals surface area contributed by atoms with E-state index in [-0.39, 0.29) is 0 Å². The molecule has 2 aromatic heterocycles. The molecule has 0 aliphatic rings. The molecule has 0 N–H and O–H groups in total. The van der Waals surface area contributed by atoms with Crippen molar-refractivity contribution < 1.29 is 4.42 Å². The summed E-state index contributed by atoms with van der Waals surface area (Å²) in [7, 11) is 0. The van der Waals surface area contributed by atoms with Gasteiger partial charge < -0.3 is 13.9 Å². The first-order chi connectivity index (χ1) is 34.2. The fraction of sp³-hybridized carbons (Fsp3) is 0. The lowest BCUT2D eigenvalue weighted by Gasteiger charge is -2.26. The number of hydrogen-bond donors (Lipinski definition) is 0. The molecule has 0 spiro atoms. The lowest BCUT2D eigenvalue weighted by molar-refractivity contribution is 0.669. The number of furan rings is 1. The predicted octanol–water partition coefficient (Wildman–Crippen LogP) is 18.5. The Bertz CT molecular complexity index is 4000. The predicted molar refractivity (Wildman–Crippen MR) is 290 cm³/mol. The monoisotopic (exact) mass is 880 g/mol. The molecular formula is C66H44N2O. The van der Waals surface area contributed by atoms with Crippen LogP contribution < -0.4 is 4.90 Å². The highest BCUT2D eigenvalue weighted by Gasteiger charge is 2.21. The zero-order valence-electron chi connectivity index (χ0n) is 37.7. The molecular weight excluding hydrogens is 837 g/mol. The molecule has 0 amide bonds. The van der Waals surface area contributed by atoms with Crippen molar-refractivity contribution in [2.75, 3.05) is 4.90 Å². The Morgan fingerprint density at radius 2 is 0.768 bits per heavy atom. The van der Waals surface area contributed by atoms with Crippen molar-refractivity contribution in [2.45, 2.75) is 0 Å². The van der Waals surface area contributed by atoms with Gasteiger partial charge >= 0.3 is 0 Å². The highest BCUT2D eigenvalue weighted by atomic mass is 16.3. The Kier molecular flexibility index (Phi) is 9.84. The summed E-state index contributed by atoms with van der Waals surface area (Å²) < 4.78 is 9.13. The zero-order chi connectivity index (χ0) is 45.7. The Morgan fingerprint density at radius 1 is 0.275 bits per heavy atom. The number of aromatic nitrogens is 1. The standard InChI is InChI=1S/C66H44N2O/c1-4-18-45(19-5-1)46-36-39-53(40-37-46)67(51-23-6-2-7-24-51)54-27-15-21-48(43-54)47-20-14-22-49(42-47)56-31-16-34-63-65(56)66-60(32-17-35-64(66)69-63)57-29-11-10-28-55(57)50-38-41-59-58-30-12-13-33-61(58)68(62(59)44-50)52-25-8-3-9-26-52/h1-44H. The summed E-state index contributed by atoms with van der Waals surface area (Å²) in [5.74, 6) is 0. The molecule has 11 aromatic carbocycles. The number of nitrogens with zero attached hydrogens (tertiary/aromatic N) is 2. The van der Waals surface area contributed by atoms with Gasteiger partial charge in [0.15, 0.2) is 0 Å². The minimum Gasteiger partial charge on any atom is -0.456 e.